The van der Waals surface area contributed by atoms with Crippen molar-refractivity contribution in [3.63, 3.8) is 0 Å². The summed E-state index contributed by atoms with van der Waals surface area (Å²) in [7, 11) is 0. The van der Waals surface area contributed by atoms with Crippen molar-refractivity contribution in [3.8, 4) is 0 Å². The Morgan fingerprint density at radius 3 is 2.81 bits per heavy atom. The molecule has 1 aromatic rings. The van der Waals surface area contributed by atoms with E-state index in [-0.39, 0.29) is 5.91 Å². The van der Waals surface area contributed by atoms with Gasteiger partial charge in [0.05, 0.1) is 0 Å². The Bertz CT molecular complexity index is 346. The fraction of sp³-hybridized carbons (Fsp3) is 0.500. The molecular weight excluding hydrogens is 202 g/mol. The first-order valence-electron chi connectivity index (χ1n) is 5.61. The van der Waals surface area contributed by atoms with Crippen LogP contribution in [0.5, 0.6) is 0 Å². The molecule has 0 fully saturated rings. The van der Waals surface area contributed by atoms with E-state index in [0.717, 1.165) is 18.5 Å². The number of nitrogens with zero attached hydrogens (tertiary/aromatic N) is 2. The van der Waals surface area contributed by atoms with Crippen molar-refractivity contribution in [2.45, 2.75) is 20.3 Å². The van der Waals surface area contributed by atoms with Gasteiger partial charge in [-0.25, -0.2) is 0 Å². The minimum atomic E-state index is -0.0228. The van der Waals surface area contributed by atoms with E-state index in [1.807, 2.05) is 26.0 Å². The summed E-state index contributed by atoms with van der Waals surface area (Å²) in [6, 6.07) is 3.73. The Hall–Kier alpha value is -1.42. The van der Waals surface area contributed by atoms with Crippen LogP contribution in [0.15, 0.2) is 18.3 Å². The molecule has 0 saturated heterocycles. The summed E-state index contributed by atoms with van der Waals surface area (Å²) < 4.78 is 0. The van der Waals surface area contributed by atoms with Crippen molar-refractivity contribution in [1.29, 1.82) is 0 Å². The number of carbonyl (C=O) groups excluding carboxylic acids is 1. The minimum absolute atomic E-state index is 0.0228. The molecule has 16 heavy (non-hydrogen) atoms. The monoisotopic (exact) mass is 221 g/mol. The topological polar surface area (TPSA) is 59.2 Å². The number of pyridine rings is 1. The van der Waals surface area contributed by atoms with Crippen molar-refractivity contribution in [3.05, 3.63) is 29.6 Å². The zero-order valence-corrected chi connectivity index (χ0v) is 9.94. The summed E-state index contributed by atoms with van der Waals surface area (Å²) in [5.41, 5.74) is 6.94. The van der Waals surface area contributed by atoms with E-state index in [9.17, 15) is 4.79 Å². The summed E-state index contributed by atoms with van der Waals surface area (Å²) in [6.07, 6.45) is 2.57. The molecule has 0 saturated carbocycles. The third-order valence-electron chi connectivity index (χ3n) is 2.39. The highest BCUT2D eigenvalue weighted by molar-refractivity contribution is 5.93. The summed E-state index contributed by atoms with van der Waals surface area (Å²) in [5, 5.41) is 0. The maximum atomic E-state index is 12.2. The molecule has 1 heterocycles. The van der Waals surface area contributed by atoms with Gasteiger partial charge >= 0.3 is 0 Å². The van der Waals surface area contributed by atoms with Crippen LogP contribution in [0.4, 0.5) is 0 Å². The number of aromatic nitrogens is 1. The highest BCUT2D eigenvalue weighted by Crippen LogP contribution is 2.07. The summed E-state index contributed by atoms with van der Waals surface area (Å²) in [5.74, 6) is -0.0228. The predicted octanol–water partition coefficient (Wildman–Crippen LogP) is 1.20. The SMILES string of the molecule is CCCN(CCN)C(=O)c1ncccc1C. The van der Waals surface area contributed by atoms with Crippen LogP contribution < -0.4 is 5.73 Å². The molecular formula is C12H19N3O. The van der Waals surface area contributed by atoms with Crippen molar-refractivity contribution >= 4 is 5.91 Å². The van der Waals surface area contributed by atoms with E-state index in [2.05, 4.69) is 4.98 Å². The molecule has 0 aliphatic carbocycles. The number of rotatable bonds is 5. The first-order valence-corrected chi connectivity index (χ1v) is 5.61. The zero-order chi connectivity index (χ0) is 12.0. The molecule has 0 atom stereocenters. The average Bonchev–Trinajstić information content (AvgIpc) is 2.28. The van der Waals surface area contributed by atoms with Crippen LogP contribution in [-0.2, 0) is 0 Å². The largest absolute Gasteiger partial charge is 0.336 e. The average molecular weight is 221 g/mol. The maximum Gasteiger partial charge on any atom is 0.272 e. The minimum Gasteiger partial charge on any atom is -0.336 e. The van der Waals surface area contributed by atoms with Gasteiger partial charge < -0.3 is 10.6 Å². The maximum absolute atomic E-state index is 12.2. The number of aryl methyl sites for hydroxylation is 1. The molecule has 88 valence electrons. The number of nitrogens with two attached hydrogens (primary N) is 1. The molecule has 0 unspecified atom stereocenters. The second-order valence-electron chi connectivity index (χ2n) is 3.75. The van der Waals surface area contributed by atoms with E-state index >= 15 is 0 Å². The fourth-order valence-corrected chi connectivity index (χ4v) is 1.60. The normalized spacial score (nSPS) is 10.2. The molecule has 0 aliphatic heterocycles. The third kappa shape index (κ3) is 3.03. The zero-order valence-electron chi connectivity index (χ0n) is 9.94. The van der Waals surface area contributed by atoms with Crippen LogP contribution >= 0.6 is 0 Å². The number of hydrogen-bond acceptors (Lipinski definition) is 3. The third-order valence-corrected chi connectivity index (χ3v) is 2.39. The van der Waals surface area contributed by atoms with Gasteiger partial charge in [-0.1, -0.05) is 13.0 Å². The molecule has 4 nitrogen and oxygen atoms in total. The van der Waals surface area contributed by atoms with Gasteiger partial charge in [-0.3, -0.25) is 9.78 Å². The van der Waals surface area contributed by atoms with E-state index in [4.69, 9.17) is 5.73 Å². The van der Waals surface area contributed by atoms with Crippen LogP contribution in [0.2, 0.25) is 0 Å². The van der Waals surface area contributed by atoms with Gasteiger partial charge in [0, 0.05) is 25.8 Å². The molecule has 0 aromatic carbocycles. The quantitative estimate of drug-likeness (QED) is 0.812. The number of hydrogen-bond donors (Lipinski definition) is 1. The smallest absolute Gasteiger partial charge is 0.272 e. The Kier molecular flexibility index (Phi) is 4.92. The summed E-state index contributed by atoms with van der Waals surface area (Å²) in [4.78, 5) is 18.0. The van der Waals surface area contributed by atoms with Gasteiger partial charge in [-0.15, -0.1) is 0 Å². The second-order valence-corrected chi connectivity index (χ2v) is 3.75. The molecule has 1 rings (SSSR count). The van der Waals surface area contributed by atoms with Gasteiger partial charge in [0.1, 0.15) is 5.69 Å². The first kappa shape index (κ1) is 12.6. The molecule has 0 aliphatic rings. The molecule has 0 bridgehead atoms. The standard InChI is InChI=1S/C12H19N3O/c1-3-8-15(9-6-13)12(16)11-10(2)5-4-7-14-11/h4-5,7H,3,6,8-9,13H2,1-2H3. The van der Waals surface area contributed by atoms with Crippen LogP contribution in [0.1, 0.15) is 29.4 Å². The Labute approximate surface area is 96.5 Å². The van der Waals surface area contributed by atoms with Crippen molar-refractivity contribution in [1.82, 2.24) is 9.88 Å². The predicted molar refractivity (Wildman–Crippen MR) is 64.2 cm³/mol. The van der Waals surface area contributed by atoms with E-state index in [0.29, 0.717) is 18.8 Å². The van der Waals surface area contributed by atoms with Gasteiger partial charge in [0.2, 0.25) is 0 Å². The lowest BCUT2D eigenvalue weighted by Gasteiger charge is -2.21. The van der Waals surface area contributed by atoms with Crippen molar-refractivity contribution in [2.75, 3.05) is 19.6 Å². The summed E-state index contributed by atoms with van der Waals surface area (Å²) >= 11 is 0. The van der Waals surface area contributed by atoms with Crippen molar-refractivity contribution < 1.29 is 4.79 Å². The molecule has 4 heteroatoms. The van der Waals surface area contributed by atoms with Crippen molar-refractivity contribution in [2.24, 2.45) is 5.73 Å². The lowest BCUT2D eigenvalue weighted by atomic mass is 10.2. The number of amides is 1. The van der Waals surface area contributed by atoms with Crippen LogP contribution in [0.25, 0.3) is 0 Å². The first-order chi connectivity index (χ1) is 7.70. The van der Waals surface area contributed by atoms with E-state index in [1.54, 1.807) is 11.1 Å². The highest BCUT2D eigenvalue weighted by Gasteiger charge is 2.16. The lowest BCUT2D eigenvalue weighted by Crippen LogP contribution is -2.36. The summed E-state index contributed by atoms with van der Waals surface area (Å²) in [6.45, 7) is 5.74. The molecule has 0 spiro atoms. The number of carbonyl (C=O) groups is 1. The van der Waals surface area contributed by atoms with Gasteiger partial charge in [-0.05, 0) is 25.0 Å². The molecule has 1 aromatic heterocycles. The fourth-order valence-electron chi connectivity index (χ4n) is 1.60. The van der Waals surface area contributed by atoms with Crippen LogP contribution in [0, 0.1) is 6.92 Å². The van der Waals surface area contributed by atoms with Gasteiger partial charge in [-0.2, -0.15) is 0 Å². The van der Waals surface area contributed by atoms with Crippen LogP contribution in [0.3, 0.4) is 0 Å². The Morgan fingerprint density at radius 1 is 1.50 bits per heavy atom. The second kappa shape index (κ2) is 6.23. The highest BCUT2D eigenvalue weighted by atomic mass is 16.2. The Balaban J connectivity index is 2.85. The Morgan fingerprint density at radius 2 is 2.25 bits per heavy atom. The lowest BCUT2D eigenvalue weighted by molar-refractivity contribution is 0.0753. The van der Waals surface area contributed by atoms with Gasteiger partial charge in [0.25, 0.3) is 5.91 Å². The van der Waals surface area contributed by atoms with Gasteiger partial charge in [0.15, 0.2) is 0 Å². The molecule has 0 radical (unpaired) electrons. The van der Waals surface area contributed by atoms with Crippen LogP contribution in [-0.4, -0.2) is 35.4 Å². The molecule has 2 N–H and O–H groups in total. The molecule has 1 amide bonds. The van der Waals surface area contributed by atoms with E-state index in [1.165, 1.54) is 0 Å². The van der Waals surface area contributed by atoms with E-state index < -0.39 is 0 Å².